The van der Waals surface area contributed by atoms with Gasteiger partial charge in [0.05, 0.1) is 16.4 Å². The van der Waals surface area contributed by atoms with Gasteiger partial charge in [-0.05, 0) is 49.6 Å². The Morgan fingerprint density at radius 3 is 2.93 bits per heavy atom. The van der Waals surface area contributed by atoms with Crippen LogP contribution in [-0.4, -0.2) is 27.5 Å². The zero-order valence-electron chi connectivity index (χ0n) is 15.6. The van der Waals surface area contributed by atoms with Gasteiger partial charge in [0.2, 0.25) is 11.3 Å². The summed E-state index contributed by atoms with van der Waals surface area (Å²) in [6.45, 7) is 4.26. The van der Waals surface area contributed by atoms with Gasteiger partial charge in [-0.15, -0.1) is 0 Å². The average Bonchev–Trinajstić information content (AvgIpc) is 3.11. The molecule has 0 bridgehead atoms. The molecule has 1 N–H and O–H groups in total. The second-order valence-corrected chi connectivity index (χ2v) is 7.36. The highest BCUT2D eigenvalue weighted by atomic mass is 16.3. The molecule has 0 amide bonds. The van der Waals surface area contributed by atoms with Crippen molar-refractivity contribution in [3.8, 4) is 0 Å². The fraction of sp³-hybridized carbons (Fsp3) is 0.227. The molecule has 2 aromatic carbocycles. The summed E-state index contributed by atoms with van der Waals surface area (Å²) < 4.78 is 7.97. The number of para-hydroxylation sites is 2. The first kappa shape index (κ1) is 15.6. The first-order valence-corrected chi connectivity index (χ1v) is 9.70. The van der Waals surface area contributed by atoms with Crippen molar-refractivity contribution in [2.24, 2.45) is 0 Å². The third-order valence-corrected chi connectivity index (χ3v) is 5.77. The van der Waals surface area contributed by atoms with E-state index in [9.17, 15) is 0 Å². The second-order valence-electron chi connectivity index (χ2n) is 7.36. The summed E-state index contributed by atoms with van der Waals surface area (Å²) in [6.07, 6.45) is 2.27. The van der Waals surface area contributed by atoms with Gasteiger partial charge in [0.1, 0.15) is 5.58 Å². The molecule has 0 saturated carbocycles. The Bertz CT molecular complexity index is 1460. The van der Waals surface area contributed by atoms with Crippen LogP contribution >= 0.6 is 0 Å². The molecule has 0 saturated heterocycles. The maximum absolute atomic E-state index is 8.41. The first-order chi connectivity index (χ1) is 13.7. The number of aromatic nitrogens is 3. The molecule has 1 aliphatic heterocycles. The van der Waals surface area contributed by atoms with Crippen LogP contribution in [0.3, 0.4) is 0 Å². The van der Waals surface area contributed by atoms with Crippen LogP contribution in [0.4, 0.5) is 5.69 Å². The zero-order valence-corrected chi connectivity index (χ0v) is 15.6. The van der Waals surface area contributed by atoms with Gasteiger partial charge in [-0.3, -0.25) is 9.81 Å². The Balaban J connectivity index is 1.72. The zero-order chi connectivity index (χ0) is 18.8. The molecule has 4 heterocycles. The lowest BCUT2D eigenvalue weighted by molar-refractivity contribution is 0.636. The topological polar surface area (TPSA) is 70.4 Å². The van der Waals surface area contributed by atoms with Gasteiger partial charge in [0.25, 0.3) is 0 Å². The molecule has 6 rings (SSSR count). The molecule has 0 spiro atoms. The van der Waals surface area contributed by atoms with E-state index in [1.54, 1.807) is 4.40 Å². The number of aryl methyl sites for hydroxylation is 1. The number of hydrogen-bond donors (Lipinski definition) is 1. The van der Waals surface area contributed by atoms with E-state index in [0.29, 0.717) is 5.71 Å². The Hall–Kier alpha value is -3.41. The van der Waals surface area contributed by atoms with Crippen molar-refractivity contribution >= 4 is 44.4 Å². The van der Waals surface area contributed by atoms with E-state index < -0.39 is 0 Å². The molecule has 0 atom stereocenters. The van der Waals surface area contributed by atoms with E-state index in [0.717, 1.165) is 52.5 Å². The van der Waals surface area contributed by atoms with Crippen LogP contribution in [0.1, 0.15) is 18.9 Å². The number of anilines is 1. The maximum Gasteiger partial charge on any atom is 0.233 e. The van der Waals surface area contributed by atoms with Crippen LogP contribution in [-0.2, 0) is 6.42 Å². The monoisotopic (exact) mass is 369 g/mol. The molecule has 5 aromatic rings. The molecular weight excluding hydrogens is 350 g/mol. The fourth-order valence-electron chi connectivity index (χ4n) is 4.42. The van der Waals surface area contributed by atoms with E-state index in [2.05, 4.69) is 35.0 Å². The van der Waals surface area contributed by atoms with Gasteiger partial charge in [-0.25, -0.2) is 4.98 Å². The third kappa shape index (κ3) is 2.05. The normalized spacial score (nSPS) is 14.4. The summed E-state index contributed by atoms with van der Waals surface area (Å²) in [4.78, 5) is 11.6. The first-order valence-electron chi connectivity index (χ1n) is 9.70. The minimum Gasteiger partial charge on any atom is -0.437 e. The fourth-order valence-corrected chi connectivity index (χ4v) is 4.42. The number of nitrogens with one attached hydrogen (secondary N) is 1. The minimum atomic E-state index is 0.132. The number of fused-ring (bicyclic) bond motifs is 7. The minimum absolute atomic E-state index is 0.132. The quantitative estimate of drug-likeness (QED) is 0.453. The van der Waals surface area contributed by atoms with Crippen LogP contribution in [0.15, 0.2) is 46.9 Å². The highest BCUT2D eigenvalue weighted by Gasteiger charge is 2.19. The largest absolute Gasteiger partial charge is 0.437 e. The van der Waals surface area contributed by atoms with Gasteiger partial charge in [-0.1, -0.05) is 12.1 Å². The van der Waals surface area contributed by atoms with Crippen LogP contribution in [0.25, 0.3) is 38.7 Å². The number of rotatable bonds is 1. The standard InChI is InChI=1S/C22H19N5O/c1-2-26-9-5-6-13-10-14-11-15-20-24-16-7-3-4-8-17(16)27(20)22(23)25-21(15)28-19(14)12-18(13)26/h3-4,7-8,10-12,23H,2,5-6,9H2,1H3. The summed E-state index contributed by atoms with van der Waals surface area (Å²) in [5.74, 6) is 0. The van der Waals surface area contributed by atoms with E-state index >= 15 is 0 Å². The maximum atomic E-state index is 8.41. The molecule has 138 valence electrons. The molecule has 0 aliphatic carbocycles. The molecule has 0 unspecified atom stereocenters. The van der Waals surface area contributed by atoms with Gasteiger partial charge < -0.3 is 9.32 Å². The van der Waals surface area contributed by atoms with Crippen LogP contribution in [0.5, 0.6) is 0 Å². The molecule has 1 aliphatic rings. The Morgan fingerprint density at radius 2 is 2.04 bits per heavy atom. The van der Waals surface area contributed by atoms with E-state index in [4.69, 9.17) is 14.8 Å². The average molecular weight is 369 g/mol. The van der Waals surface area contributed by atoms with Crippen molar-refractivity contribution in [2.45, 2.75) is 19.8 Å². The lowest BCUT2D eigenvalue weighted by atomic mass is 9.99. The molecule has 6 nitrogen and oxygen atoms in total. The highest BCUT2D eigenvalue weighted by molar-refractivity contribution is 5.99. The lowest BCUT2D eigenvalue weighted by Gasteiger charge is -2.30. The molecule has 0 fully saturated rings. The van der Waals surface area contributed by atoms with Crippen molar-refractivity contribution in [1.82, 2.24) is 14.4 Å². The van der Waals surface area contributed by atoms with Crippen molar-refractivity contribution in [3.05, 3.63) is 53.6 Å². The van der Waals surface area contributed by atoms with Crippen LogP contribution in [0.2, 0.25) is 0 Å². The Labute approximate surface area is 160 Å². The molecule has 28 heavy (non-hydrogen) atoms. The SMILES string of the molecule is CCN1CCCc2cc3cc4c(nc(=N)n5c6ccccc6nc45)oc3cc21. The van der Waals surface area contributed by atoms with E-state index in [1.165, 1.54) is 17.7 Å². The second kappa shape index (κ2) is 5.55. The van der Waals surface area contributed by atoms with Crippen molar-refractivity contribution in [3.63, 3.8) is 0 Å². The van der Waals surface area contributed by atoms with E-state index in [1.807, 2.05) is 24.3 Å². The van der Waals surface area contributed by atoms with Crippen LogP contribution < -0.4 is 10.5 Å². The summed E-state index contributed by atoms with van der Waals surface area (Å²) in [5.41, 5.74) is 6.48. The Kier molecular flexibility index (Phi) is 3.10. The van der Waals surface area contributed by atoms with Crippen molar-refractivity contribution in [1.29, 1.82) is 5.41 Å². The summed E-state index contributed by atoms with van der Waals surface area (Å²) >= 11 is 0. The third-order valence-electron chi connectivity index (χ3n) is 5.77. The molecule has 0 radical (unpaired) electrons. The van der Waals surface area contributed by atoms with Gasteiger partial charge in [0.15, 0.2) is 5.65 Å². The summed E-state index contributed by atoms with van der Waals surface area (Å²) in [6, 6.07) is 14.3. The lowest BCUT2D eigenvalue weighted by Crippen LogP contribution is -2.28. The molecule has 3 aromatic heterocycles. The number of benzene rings is 2. The van der Waals surface area contributed by atoms with Gasteiger partial charge in [-0.2, -0.15) is 4.98 Å². The number of imidazole rings is 1. The molecular formula is C22H19N5O. The van der Waals surface area contributed by atoms with E-state index in [-0.39, 0.29) is 5.62 Å². The number of hydrogen-bond acceptors (Lipinski definition) is 5. The van der Waals surface area contributed by atoms with Gasteiger partial charge >= 0.3 is 0 Å². The van der Waals surface area contributed by atoms with Crippen molar-refractivity contribution in [2.75, 3.05) is 18.0 Å². The molecule has 6 heteroatoms. The van der Waals surface area contributed by atoms with Gasteiger partial charge in [0, 0.05) is 30.2 Å². The smallest absolute Gasteiger partial charge is 0.233 e. The number of nitrogens with zero attached hydrogens (tertiary/aromatic N) is 4. The summed E-state index contributed by atoms with van der Waals surface area (Å²) in [5, 5.41) is 10.3. The van der Waals surface area contributed by atoms with Crippen LogP contribution in [0, 0.1) is 5.41 Å². The Morgan fingerprint density at radius 1 is 1.14 bits per heavy atom. The summed E-state index contributed by atoms with van der Waals surface area (Å²) in [7, 11) is 0. The predicted molar refractivity (Wildman–Crippen MR) is 110 cm³/mol. The predicted octanol–water partition coefficient (Wildman–Crippen LogP) is 4.03. The highest BCUT2D eigenvalue weighted by Crippen LogP contribution is 2.34. The van der Waals surface area contributed by atoms with Crippen molar-refractivity contribution < 1.29 is 4.42 Å².